The zero-order valence-electron chi connectivity index (χ0n) is 33.5. The number of para-hydroxylation sites is 3. The van der Waals surface area contributed by atoms with Crippen LogP contribution in [0.5, 0.6) is 0 Å². The van der Waals surface area contributed by atoms with Gasteiger partial charge in [0.2, 0.25) is 5.95 Å². The van der Waals surface area contributed by atoms with Gasteiger partial charge in [-0.1, -0.05) is 188 Å². The largest absolute Gasteiger partial charge is 0.306 e. The maximum atomic E-state index is 5.34. The van der Waals surface area contributed by atoms with E-state index in [2.05, 4.69) is 185 Å². The first-order valence-electron chi connectivity index (χ1n) is 20.8. The zero-order chi connectivity index (χ0) is 41.0. The van der Waals surface area contributed by atoms with Crippen molar-refractivity contribution in [1.29, 1.82) is 0 Å². The number of fused-ring (bicyclic) bond motifs is 7. The quantitative estimate of drug-likeness (QED) is 0.161. The van der Waals surface area contributed by atoms with E-state index in [1.54, 1.807) is 0 Å². The SMILES string of the molecule is c1ccc(-c2ccc(-c3cccc(-c4ccccc4-n4c5ccccc5c5ccc6c7ccccc7n(-c7nc(-c8ccccc8)nc(-c8ccccc8)n7)c6c54)n3)cc2)cc1. The Morgan fingerprint density at radius 3 is 1.37 bits per heavy atom. The highest BCUT2D eigenvalue weighted by molar-refractivity contribution is 6.24. The zero-order valence-corrected chi connectivity index (χ0v) is 33.5. The molecular formula is C56H36N6. The van der Waals surface area contributed by atoms with Crippen LogP contribution in [0.15, 0.2) is 218 Å². The van der Waals surface area contributed by atoms with Gasteiger partial charge in [-0.2, -0.15) is 9.97 Å². The van der Waals surface area contributed by atoms with Gasteiger partial charge in [-0.25, -0.2) is 9.97 Å². The minimum absolute atomic E-state index is 0.550. The van der Waals surface area contributed by atoms with Crippen molar-refractivity contribution in [1.82, 2.24) is 29.1 Å². The number of rotatable bonds is 7. The van der Waals surface area contributed by atoms with E-state index in [0.717, 1.165) is 82.9 Å². The first-order valence-corrected chi connectivity index (χ1v) is 20.8. The molecule has 62 heavy (non-hydrogen) atoms. The lowest BCUT2D eigenvalue weighted by Crippen LogP contribution is -2.07. The van der Waals surface area contributed by atoms with E-state index in [1.165, 1.54) is 11.1 Å². The molecule has 0 aliphatic heterocycles. The van der Waals surface area contributed by atoms with Crippen molar-refractivity contribution in [2.24, 2.45) is 0 Å². The molecule has 290 valence electrons. The first-order chi connectivity index (χ1) is 30.8. The maximum absolute atomic E-state index is 5.34. The van der Waals surface area contributed by atoms with E-state index in [4.69, 9.17) is 19.9 Å². The van der Waals surface area contributed by atoms with E-state index in [-0.39, 0.29) is 0 Å². The molecule has 0 saturated heterocycles. The summed E-state index contributed by atoms with van der Waals surface area (Å²) in [7, 11) is 0. The fourth-order valence-corrected chi connectivity index (χ4v) is 8.95. The van der Waals surface area contributed by atoms with E-state index in [9.17, 15) is 0 Å². The molecule has 0 saturated carbocycles. The molecule has 0 atom stereocenters. The van der Waals surface area contributed by atoms with Gasteiger partial charge in [0.1, 0.15) is 0 Å². The molecule has 0 unspecified atom stereocenters. The van der Waals surface area contributed by atoms with E-state index in [1.807, 2.05) is 42.5 Å². The van der Waals surface area contributed by atoms with Gasteiger partial charge in [0.05, 0.1) is 39.1 Å². The molecule has 6 nitrogen and oxygen atoms in total. The third kappa shape index (κ3) is 5.88. The number of hydrogen-bond donors (Lipinski definition) is 0. The van der Waals surface area contributed by atoms with Crippen molar-refractivity contribution in [3.8, 4) is 68.1 Å². The van der Waals surface area contributed by atoms with Gasteiger partial charge in [-0.05, 0) is 41.5 Å². The van der Waals surface area contributed by atoms with Crippen LogP contribution in [0, 0.1) is 0 Å². The van der Waals surface area contributed by atoms with E-state index < -0.39 is 0 Å². The summed E-state index contributed by atoms with van der Waals surface area (Å²) in [4.78, 5) is 21.0. The van der Waals surface area contributed by atoms with Crippen LogP contribution in [-0.2, 0) is 0 Å². The average molecular weight is 793 g/mol. The Morgan fingerprint density at radius 2 is 0.742 bits per heavy atom. The summed E-state index contributed by atoms with van der Waals surface area (Å²) in [5.41, 5.74) is 13.3. The van der Waals surface area contributed by atoms with Gasteiger partial charge in [0.25, 0.3) is 0 Å². The van der Waals surface area contributed by atoms with Crippen molar-refractivity contribution >= 4 is 43.6 Å². The van der Waals surface area contributed by atoms with Crippen molar-refractivity contribution in [3.05, 3.63) is 218 Å². The summed E-state index contributed by atoms with van der Waals surface area (Å²) < 4.78 is 4.65. The molecule has 12 aromatic rings. The molecule has 4 heterocycles. The van der Waals surface area contributed by atoms with Gasteiger partial charge < -0.3 is 4.57 Å². The number of pyridine rings is 1. The lowest BCUT2D eigenvalue weighted by atomic mass is 10.0. The fourth-order valence-electron chi connectivity index (χ4n) is 8.95. The van der Waals surface area contributed by atoms with Gasteiger partial charge in [-0.15, -0.1) is 0 Å². The number of nitrogens with zero attached hydrogens (tertiary/aromatic N) is 6. The predicted octanol–water partition coefficient (Wildman–Crippen LogP) is 13.8. The Morgan fingerprint density at radius 1 is 0.274 bits per heavy atom. The van der Waals surface area contributed by atoms with Crippen molar-refractivity contribution in [2.45, 2.75) is 0 Å². The molecule has 0 radical (unpaired) electrons. The first kappa shape index (κ1) is 35.5. The monoisotopic (exact) mass is 792 g/mol. The van der Waals surface area contributed by atoms with Crippen molar-refractivity contribution < 1.29 is 0 Å². The molecule has 0 aliphatic rings. The molecule has 0 bridgehead atoms. The smallest absolute Gasteiger partial charge is 0.238 e. The highest BCUT2D eigenvalue weighted by atomic mass is 15.2. The Kier molecular flexibility index (Phi) is 8.38. The van der Waals surface area contributed by atoms with Crippen molar-refractivity contribution in [2.75, 3.05) is 0 Å². The summed E-state index contributed by atoms with van der Waals surface area (Å²) in [6.45, 7) is 0. The summed E-state index contributed by atoms with van der Waals surface area (Å²) in [6, 6.07) is 76.1. The number of aromatic nitrogens is 6. The van der Waals surface area contributed by atoms with Gasteiger partial charge in [0.15, 0.2) is 11.6 Å². The molecule has 4 aromatic heterocycles. The van der Waals surface area contributed by atoms with Crippen LogP contribution in [0.4, 0.5) is 0 Å². The van der Waals surface area contributed by atoms with Crippen LogP contribution in [0.1, 0.15) is 0 Å². The highest BCUT2D eigenvalue weighted by Gasteiger charge is 2.24. The number of benzene rings is 8. The molecule has 0 N–H and O–H groups in total. The van der Waals surface area contributed by atoms with Crippen LogP contribution < -0.4 is 0 Å². The molecule has 0 spiro atoms. The lowest BCUT2D eigenvalue weighted by molar-refractivity contribution is 0.953. The lowest BCUT2D eigenvalue weighted by Gasteiger charge is -2.16. The van der Waals surface area contributed by atoms with E-state index in [0.29, 0.717) is 17.6 Å². The average Bonchev–Trinajstić information content (AvgIpc) is 3.88. The molecular weight excluding hydrogens is 757 g/mol. The van der Waals surface area contributed by atoms with Crippen LogP contribution >= 0.6 is 0 Å². The van der Waals surface area contributed by atoms with Crippen LogP contribution in [0.3, 0.4) is 0 Å². The standard InChI is InChI=1S/C56H36N6/c1-4-17-37(18-5-1)38-31-33-39(34-32-38)47-26-16-27-48(57-47)46-25-12-15-30-51(46)61-49-28-13-10-23-42(49)44-35-36-45-43-24-11-14-29-50(43)62(53(45)52(44)61)56-59-54(40-19-6-2-7-20-40)58-55(60-56)41-21-8-3-9-22-41/h1-36H. The molecule has 6 heteroatoms. The molecule has 0 amide bonds. The maximum Gasteiger partial charge on any atom is 0.238 e. The van der Waals surface area contributed by atoms with Crippen LogP contribution in [-0.4, -0.2) is 29.1 Å². The summed E-state index contributed by atoms with van der Waals surface area (Å²) in [6.07, 6.45) is 0. The van der Waals surface area contributed by atoms with Gasteiger partial charge >= 0.3 is 0 Å². The second kappa shape index (κ2) is 14.7. The summed E-state index contributed by atoms with van der Waals surface area (Å²) in [5.74, 6) is 1.77. The third-order valence-electron chi connectivity index (χ3n) is 11.8. The summed E-state index contributed by atoms with van der Waals surface area (Å²) in [5, 5.41) is 4.51. The van der Waals surface area contributed by atoms with Gasteiger partial charge in [-0.3, -0.25) is 4.57 Å². The predicted molar refractivity (Wildman–Crippen MR) is 253 cm³/mol. The molecule has 0 fully saturated rings. The van der Waals surface area contributed by atoms with Crippen LogP contribution in [0.2, 0.25) is 0 Å². The Bertz CT molecular complexity index is 3550. The fraction of sp³-hybridized carbons (Fsp3) is 0. The Hall–Kier alpha value is -8.48. The normalized spacial score (nSPS) is 11.5. The topological polar surface area (TPSA) is 61.4 Å². The number of hydrogen-bond acceptors (Lipinski definition) is 4. The Balaban J connectivity index is 1.12. The minimum atomic E-state index is 0.550. The molecule has 12 rings (SSSR count). The second-order valence-electron chi connectivity index (χ2n) is 15.4. The minimum Gasteiger partial charge on any atom is -0.306 e. The highest BCUT2D eigenvalue weighted by Crippen LogP contribution is 2.43. The van der Waals surface area contributed by atoms with Crippen molar-refractivity contribution in [3.63, 3.8) is 0 Å². The molecule has 0 aliphatic carbocycles. The Labute approximate surface area is 357 Å². The summed E-state index contributed by atoms with van der Waals surface area (Å²) >= 11 is 0. The second-order valence-corrected chi connectivity index (χ2v) is 15.4. The van der Waals surface area contributed by atoms with Crippen LogP contribution in [0.25, 0.3) is 112 Å². The third-order valence-corrected chi connectivity index (χ3v) is 11.8. The molecule has 8 aromatic carbocycles. The van der Waals surface area contributed by atoms with Gasteiger partial charge in [0, 0.05) is 43.8 Å². The van der Waals surface area contributed by atoms with E-state index >= 15 is 0 Å².